The van der Waals surface area contributed by atoms with E-state index in [9.17, 15) is 4.79 Å². The van der Waals surface area contributed by atoms with Crippen molar-refractivity contribution in [1.29, 1.82) is 0 Å². The second-order valence-corrected chi connectivity index (χ2v) is 2.97. The van der Waals surface area contributed by atoms with Crippen LogP contribution in [0.3, 0.4) is 0 Å². The molecule has 0 aromatic rings. The molecule has 5 heteroatoms. The minimum atomic E-state index is -0.503. The average molecular weight is 189 g/mol. The van der Waals surface area contributed by atoms with Crippen molar-refractivity contribution in [2.45, 2.75) is 31.8 Å². The van der Waals surface area contributed by atoms with Crippen molar-refractivity contribution in [2.75, 3.05) is 13.2 Å². The highest BCUT2D eigenvalue weighted by atomic mass is 16.3. The molecule has 1 unspecified atom stereocenters. The van der Waals surface area contributed by atoms with E-state index in [-0.39, 0.29) is 6.17 Å². The van der Waals surface area contributed by atoms with Crippen molar-refractivity contribution >= 4 is 5.91 Å². The summed E-state index contributed by atoms with van der Waals surface area (Å²) in [6, 6.07) is 0. The van der Waals surface area contributed by atoms with Crippen molar-refractivity contribution in [3.63, 3.8) is 0 Å². The van der Waals surface area contributed by atoms with Crippen LogP contribution in [0.25, 0.3) is 0 Å². The number of aliphatic hydroxyl groups excluding tert-OH is 1. The molecule has 0 spiro atoms. The van der Waals surface area contributed by atoms with E-state index < -0.39 is 12.5 Å². The lowest BCUT2D eigenvalue weighted by atomic mass is 10.1. The first-order chi connectivity index (χ1) is 6.20. The van der Waals surface area contributed by atoms with Crippen LogP contribution in [0.2, 0.25) is 0 Å². The Balaban J connectivity index is 3.29. The standard InChI is InChI=1S/C8H19N3O2/c9-5-3-1-2-4-7(10)11-8(13)6-12/h7,12H,1-6,9-10H2,(H,11,13). The number of carbonyl (C=O) groups is 1. The van der Waals surface area contributed by atoms with E-state index >= 15 is 0 Å². The van der Waals surface area contributed by atoms with Crippen LogP contribution >= 0.6 is 0 Å². The number of unbranched alkanes of at least 4 members (excludes halogenated alkanes) is 2. The van der Waals surface area contributed by atoms with Gasteiger partial charge in [-0.15, -0.1) is 0 Å². The molecule has 0 fully saturated rings. The summed E-state index contributed by atoms with van der Waals surface area (Å²) in [6.07, 6.45) is 3.34. The van der Waals surface area contributed by atoms with Gasteiger partial charge in [-0.3, -0.25) is 4.79 Å². The van der Waals surface area contributed by atoms with Gasteiger partial charge in [0, 0.05) is 0 Å². The number of carbonyl (C=O) groups excluding carboxylic acids is 1. The van der Waals surface area contributed by atoms with Gasteiger partial charge >= 0.3 is 0 Å². The van der Waals surface area contributed by atoms with Crippen LogP contribution in [0.4, 0.5) is 0 Å². The summed E-state index contributed by atoms with van der Waals surface area (Å²) in [5.41, 5.74) is 10.9. The Morgan fingerprint density at radius 1 is 1.38 bits per heavy atom. The van der Waals surface area contributed by atoms with E-state index in [0.29, 0.717) is 6.54 Å². The Morgan fingerprint density at radius 3 is 2.62 bits per heavy atom. The first-order valence-corrected chi connectivity index (χ1v) is 4.56. The fourth-order valence-electron chi connectivity index (χ4n) is 1.01. The third kappa shape index (κ3) is 7.70. The molecule has 0 saturated carbocycles. The molecule has 78 valence electrons. The molecule has 0 radical (unpaired) electrons. The van der Waals surface area contributed by atoms with E-state index in [2.05, 4.69) is 5.32 Å². The van der Waals surface area contributed by atoms with Crippen LogP contribution in [0.15, 0.2) is 0 Å². The highest BCUT2D eigenvalue weighted by Gasteiger charge is 2.04. The predicted molar refractivity (Wildman–Crippen MR) is 50.7 cm³/mol. The molecular formula is C8H19N3O2. The van der Waals surface area contributed by atoms with Gasteiger partial charge in [0.15, 0.2) is 0 Å². The molecule has 0 heterocycles. The van der Waals surface area contributed by atoms with Crippen molar-refractivity contribution in [2.24, 2.45) is 11.5 Å². The molecule has 0 aromatic heterocycles. The maximum atomic E-state index is 10.6. The second-order valence-electron chi connectivity index (χ2n) is 2.97. The smallest absolute Gasteiger partial charge is 0.246 e. The number of rotatable bonds is 7. The van der Waals surface area contributed by atoms with Gasteiger partial charge in [-0.2, -0.15) is 0 Å². The molecule has 0 aromatic carbocycles. The summed E-state index contributed by atoms with van der Waals surface area (Å²) in [4.78, 5) is 10.6. The Hall–Kier alpha value is -0.650. The number of hydrogen-bond donors (Lipinski definition) is 4. The second kappa shape index (κ2) is 7.97. The molecule has 0 saturated heterocycles. The number of amides is 1. The third-order valence-corrected chi connectivity index (χ3v) is 1.71. The molecule has 1 atom stereocenters. The Morgan fingerprint density at radius 2 is 2.08 bits per heavy atom. The topological polar surface area (TPSA) is 101 Å². The highest BCUT2D eigenvalue weighted by Crippen LogP contribution is 1.99. The van der Waals surface area contributed by atoms with Crippen molar-refractivity contribution in [3.05, 3.63) is 0 Å². The minimum Gasteiger partial charge on any atom is -0.387 e. The Kier molecular flexibility index (Phi) is 7.57. The SMILES string of the molecule is NCCCCCC(N)NC(=O)CO. The normalized spacial score (nSPS) is 12.5. The summed E-state index contributed by atoms with van der Waals surface area (Å²) in [5.74, 6) is -0.425. The van der Waals surface area contributed by atoms with Crippen LogP contribution in [0.1, 0.15) is 25.7 Å². The van der Waals surface area contributed by atoms with Crippen LogP contribution in [0.5, 0.6) is 0 Å². The molecule has 6 N–H and O–H groups in total. The van der Waals surface area contributed by atoms with E-state index in [1.165, 1.54) is 0 Å². The maximum Gasteiger partial charge on any atom is 0.246 e. The first-order valence-electron chi connectivity index (χ1n) is 4.56. The molecule has 13 heavy (non-hydrogen) atoms. The van der Waals surface area contributed by atoms with Gasteiger partial charge in [0.05, 0.1) is 6.17 Å². The Labute approximate surface area is 78.5 Å². The van der Waals surface area contributed by atoms with E-state index in [1.54, 1.807) is 0 Å². The largest absolute Gasteiger partial charge is 0.387 e. The van der Waals surface area contributed by atoms with Crippen molar-refractivity contribution in [1.82, 2.24) is 5.32 Å². The molecule has 0 bridgehead atoms. The van der Waals surface area contributed by atoms with Gasteiger partial charge in [0.2, 0.25) is 5.91 Å². The first kappa shape index (κ1) is 12.3. The quantitative estimate of drug-likeness (QED) is 0.301. The predicted octanol–water partition coefficient (Wildman–Crippen LogP) is -1.10. The van der Waals surface area contributed by atoms with Gasteiger partial charge in [0.25, 0.3) is 0 Å². The Bertz CT molecular complexity index is 141. The van der Waals surface area contributed by atoms with Gasteiger partial charge in [-0.1, -0.05) is 12.8 Å². The summed E-state index contributed by atoms with van der Waals surface area (Å²) in [7, 11) is 0. The molecule has 0 aliphatic rings. The lowest BCUT2D eigenvalue weighted by Gasteiger charge is -2.12. The molecule has 0 aliphatic heterocycles. The lowest BCUT2D eigenvalue weighted by molar-refractivity contribution is -0.124. The number of nitrogens with one attached hydrogen (secondary N) is 1. The van der Waals surface area contributed by atoms with Gasteiger partial charge in [0.1, 0.15) is 6.61 Å². The van der Waals surface area contributed by atoms with Gasteiger partial charge in [-0.05, 0) is 19.4 Å². The van der Waals surface area contributed by atoms with Crippen LogP contribution in [-0.4, -0.2) is 30.3 Å². The number of aliphatic hydroxyl groups is 1. The zero-order valence-corrected chi connectivity index (χ0v) is 7.83. The summed E-state index contributed by atoms with van der Waals surface area (Å²) in [5, 5.41) is 10.9. The van der Waals surface area contributed by atoms with E-state index in [1.807, 2.05) is 0 Å². The minimum absolute atomic E-state index is 0.350. The van der Waals surface area contributed by atoms with Crippen molar-refractivity contribution < 1.29 is 9.90 Å². The number of hydrogen-bond acceptors (Lipinski definition) is 4. The summed E-state index contributed by atoms with van der Waals surface area (Å²) in [6.45, 7) is 0.189. The zero-order valence-electron chi connectivity index (χ0n) is 7.83. The van der Waals surface area contributed by atoms with Gasteiger partial charge < -0.3 is 21.9 Å². The van der Waals surface area contributed by atoms with E-state index in [0.717, 1.165) is 25.7 Å². The van der Waals surface area contributed by atoms with Crippen molar-refractivity contribution in [3.8, 4) is 0 Å². The highest BCUT2D eigenvalue weighted by molar-refractivity contribution is 5.77. The molecule has 0 aliphatic carbocycles. The number of nitrogens with two attached hydrogens (primary N) is 2. The molecule has 0 rings (SSSR count). The fourth-order valence-corrected chi connectivity index (χ4v) is 1.01. The zero-order chi connectivity index (χ0) is 10.1. The molecule has 5 nitrogen and oxygen atoms in total. The van der Waals surface area contributed by atoms with E-state index in [4.69, 9.17) is 16.6 Å². The monoisotopic (exact) mass is 189 g/mol. The van der Waals surface area contributed by atoms with Gasteiger partial charge in [-0.25, -0.2) is 0 Å². The summed E-state index contributed by atoms with van der Waals surface area (Å²) >= 11 is 0. The van der Waals surface area contributed by atoms with Crippen LogP contribution < -0.4 is 16.8 Å². The average Bonchev–Trinajstić information content (AvgIpc) is 2.12. The van der Waals surface area contributed by atoms with Crippen LogP contribution in [-0.2, 0) is 4.79 Å². The van der Waals surface area contributed by atoms with Crippen LogP contribution in [0, 0.1) is 0 Å². The molecule has 1 amide bonds. The fraction of sp³-hybridized carbons (Fsp3) is 0.875. The lowest BCUT2D eigenvalue weighted by Crippen LogP contribution is -2.42. The maximum absolute atomic E-state index is 10.6. The third-order valence-electron chi connectivity index (χ3n) is 1.71. The summed E-state index contributed by atoms with van der Waals surface area (Å²) < 4.78 is 0. The molecular weight excluding hydrogens is 170 g/mol.